The molecule has 0 radical (unpaired) electrons. The summed E-state index contributed by atoms with van der Waals surface area (Å²) in [5, 5.41) is 4.49. The first-order chi connectivity index (χ1) is 12.5. The highest BCUT2D eigenvalue weighted by molar-refractivity contribution is 6.01. The average Bonchev–Trinajstić information content (AvgIpc) is 3.06. The van der Waals surface area contributed by atoms with E-state index in [1.807, 2.05) is 0 Å². The largest absolute Gasteiger partial charge is 0.389 e. The van der Waals surface area contributed by atoms with Gasteiger partial charge in [0.15, 0.2) is 0 Å². The topological polar surface area (TPSA) is 21.6 Å². The van der Waals surface area contributed by atoms with E-state index in [4.69, 9.17) is 4.84 Å². The molecule has 2 aromatic rings. The second-order valence-corrected chi connectivity index (χ2v) is 9.00. The van der Waals surface area contributed by atoms with E-state index in [0.29, 0.717) is 5.92 Å². The molecule has 1 aliphatic heterocycles. The van der Waals surface area contributed by atoms with Crippen LogP contribution in [0.5, 0.6) is 0 Å². The Labute approximate surface area is 157 Å². The summed E-state index contributed by atoms with van der Waals surface area (Å²) < 4.78 is 0. The van der Waals surface area contributed by atoms with Gasteiger partial charge in [-0.1, -0.05) is 80.5 Å². The number of hydrogen-bond donors (Lipinski definition) is 0. The van der Waals surface area contributed by atoms with Crippen molar-refractivity contribution in [3.63, 3.8) is 0 Å². The molecule has 0 N–H and O–H groups in total. The Kier molecular flexibility index (Phi) is 4.38. The third kappa shape index (κ3) is 3.42. The molecule has 1 spiro atoms. The Morgan fingerprint density at radius 2 is 1.58 bits per heavy atom. The maximum Gasteiger partial charge on any atom is 0.143 e. The van der Waals surface area contributed by atoms with Crippen molar-refractivity contribution in [2.75, 3.05) is 0 Å². The first kappa shape index (κ1) is 17.3. The molecule has 2 aromatic carbocycles. The maximum atomic E-state index is 6.02. The normalized spacial score (nSPS) is 25.8. The van der Waals surface area contributed by atoms with Crippen LogP contribution in [0.1, 0.15) is 75.5 Å². The molecular weight excluding hydrogens is 318 g/mol. The van der Waals surface area contributed by atoms with Gasteiger partial charge in [0.25, 0.3) is 0 Å². The lowest BCUT2D eigenvalue weighted by Gasteiger charge is -2.35. The summed E-state index contributed by atoms with van der Waals surface area (Å²) in [6.45, 7) is 6.75. The number of benzene rings is 2. The SMILES string of the molecule is CC(C)(C)c1ccc(C2=NOC3(CCC(c4ccccc4)CC3)C2)cc1. The van der Waals surface area contributed by atoms with Gasteiger partial charge >= 0.3 is 0 Å². The zero-order chi connectivity index (χ0) is 18.2. The third-order valence-corrected chi connectivity index (χ3v) is 6.09. The second-order valence-electron chi connectivity index (χ2n) is 9.00. The Morgan fingerprint density at radius 1 is 0.923 bits per heavy atom. The number of oxime groups is 1. The summed E-state index contributed by atoms with van der Waals surface area (Å²) in [5.74, 6) is 0.667. The van der Waals surface area contributed by atoms with Gasteiger partial charge in [-0.2, -0.15) is 0 Å². The van der Waals surface area contributed by atoms with Crippen molar-refractivity contribution in [2.24, 2.45) is 5.16 Å². The van der Waals surface area contributed by atoms with Crippen LogP contribution in [-0.2, 0) is 10.3 Å². The first-order valence-corrected chi connectivity index (χ1v) is 9.86. The van der Waals surface area contributed by atoms with E-state index in [9.17, 15) is 0 Å². The highest BCUT2D eigenvalue weighted by atomic mass is 16.7. The van der Waals surface area contributed by atoms with Crippen LogP contribution < -0.4 is 0 Å². The summed E-state index contributed by atoms with van der Waals surface area (Å²) in [6.07, 6.45) is 5.52. The third-order valence-electron chi connectivity index (χ3n) is 6.09. The van der Waals surface area contributed by atoms with Crippen LogP contribution in [0, 0.1) is 0 Å². The molecule has 136 valence electrons. The van der Waals surface area contributed by atoms with E-state index in [0.717, 1.165) is 25.0 Å². The molecule has 0 unspecified atom stereocenters. The molecule has 2 aliphatic rings. The summed E-state index contributed by atoms with van der Waals surface area (Å²) in [4.78, 5) is 6.02. The molecular formula is C24H29NO. The van der Waals surface area contributed by atoms with Gasteiger partial charge in [-0.05, 0) is 53.7 Å². The van der Waals surface area contributed by atoms with Gasteiger partial charge in [-0.3, -0.25) is 0 Å². The van der Waals surface area contributed by atoms with Gasteiger partial charge in [0.05, 0.1) is 5.71 Å². The molecule has 1 fully saturated rings. The lowest BCUT2D eigenvalue weighted by molar-refractivity contribution is -0.0484. The van der Waals surface area contributed by atoms with E-state index in [2.05, 4.69) is 80.5 Å². The number of hydrogen-bond acceptors (Lipinski definition) is 2. The number of nitrogens with zero attached hydrogens (tertiary/aromatic N) is 1. The quantitative estimate of drug-likeness (QED) is 0.633. The minimum atomic E-state index is -0.0662. The smallest absolute Gasteiger partial charge is 0.143 e. The summed E-state index contributed by atoms with van der Waals surface area (Å²) >= 11 is 0. The molecule has 0 atom stereocenters. The Balaban J connectivity index is 1.41. The highest BCUT2D eigenvalue weighted by Gasteiger charge is 2.42. The number of rotatable bonds is 2. The van der Waals surface area contributed by atoms with Crippen molar-refractivity contribution >= 4 is 5.71 Å². The van der Waals surface area contributed by atoms with Crippen molar-refractivity contribution in [3.05, 3.63) is 71.3 Å². The summed E-state index contributed by atoms with van der Waals surface area (Å²) in [6, 6.07) is 19.8. The standard InChI is InChI=1S/C24H29NO/c1-23(2,3)21-11-9-20(10-12-21)22-17-24(26-25-22)15-13-19(14-16-24)18-7-5-4-6-8-18/h4-12,19H,13-17H2,1-3H3. The van der Waals surface area contributed by atoms with Gasteiger partial charge in [0, 0.05) is 6.42 Å². The van der Waals surface area contributed by atoms with Crippen molar-refractivity contribution in [2.45, 2.75) is 69.8 Å². The fourth-order valence-electron chi connectivity index (χ4n) is 4.31. The fourth-order valence-corrected chi connectivity index (χ4v) is 4.31. The minimum Gasteiger partial charge on any atom is -0.389 e. The molecule has 1 heterocycles. The van der Waals surface area contributed by atoms with E-state index < -0.39 is 0 Å². The van der Waals surface area contributed by atoms with Crippen LogP contribution in [0.15, 0.2) is 59.8 Å². The van der Waals surface area contributed by atoms with E-state index in [1.165, 1.54) is 29.5 Å². The van der Waals surface area contributed by atoms with Gasteiger partial charge in [0.2, 0.25) is 0 Å². The minimum absolute atomic E-state index is 0.0662. The van der Waals surface area contributed by atoms with E-state index >= 15 is 0 Å². The lowest BCUT2D eigenvalue weighted by atomic mass is 9.74. The molecule has 1 aliphatic carbocycles. The summed E-state index contributed by atoms with van der Waals surface area (Å²) in [7, 11) is 0. The van der Waals surface area contributed by atoms with Gasteiger partial charge in [0.1, 0.15) is 5.60 Å². The molecule has 2 nitrogen and oxygen atoms in total. The second kappa shape index (κ2) is 6.57. The van der Waals surface area contributed by atoms with Gasteiger partial charge < -0.3 is 4.84 Å². The predicted octanol–water partition coefficient (Wildman–Crippen LogP) is 6.21. The van der Waals surface area contributed by atoms with Crippen molar-refractivity contribution < 1.29 is 4.84 Å². The Morgan fingerprint density at radius 3 is 2.19 bits per heavy atom. The molecule has 1 saturated carbocycles. The molecule has 0 saturated heterocycles. The zero-order valence-corrected chi connectivity index (χ0v) is 16.2. The van der Waals surface area contributed by atoms with E-state index in [-0.39, 0.29) is 11.0 Å². The zero-order valence-electron chi connectivity index (χ0n) is 16.2. The fraction of sp³-hybridized carbons (Fsp3) is 0.458. The molecule has 0 amide bonds. The lowest BCUT2D eigenvalue weighted by Crippen LogP contribution is -2.34. The van der Waals surface area contributed by atoms with Crippen LogP contribution in [-0.4, -0.2) is 11.3 Å². The van der Waals surface area contributed by atoms with Crippen LogP contribution in [0.4, 0.5) is 0 Å². The van der Waals surface area contributed by atoms with Crippen LogP contribution in [0.3, 0.4) is 0 Å². The van der Waals surface area contributed by atoms with Gasteiger partial charge in [-0.25, -0.2) is 0 Å². The van der Waals surface area contributed by atoms with Gasteiger partial charge in [-0.15, -0.1) is 0 Å². The highest BCUT2D eigenvalue weighted by Crippen LogP contribution is 2.44. The van der Waals surface area contributed by atoms with Crippen LogP contribution in [0.25, 0.3) is 0 Å². The summed E-state index contributed by atoms with van der Waals surface area (Å²) in [5.41, 5.74) is 5.27. The van der Waals surface area contributed by atoms with E-state index in [1.54, 1.807) is 0 Å². The molecule has 0 aromatic heterocycles. The van der Waals surface area contributed by atoms with Crippen molar-refractivity contribution in [1.82, 2.24) is 0 Å². The molecule has 2 heteroatoms. The predicted molar refractivity (Wildman–Crippen MR) is 108 cm³/mol. The Hall–Kier alpha value is -2.09. The monoisotopic (exact) mass is 347 g/mol. The Bertz CT molecular complexity index is 775. The maximum absolute atomic E-state index is 6.02. The molecule has 26 heavy (non-hydrogen) atoms. The van der Waals surface area contributed by atoms with Crippen LogP contribution >= 0.6 is 0 Å². The molecule has 4 rings (SSSR count). The van der Waals surface area contributed by atoms with Crippen LogP contribution in [0.2, 0.25) is 0 Å². The van der Waals surface area contributed by atoms with Crippen molar-refractivity contribution in [1.29, 1.82) is 0 Å². The molecule has 0 bridgehead atoms. The average molecular weight is 348 g/mol. The van der Waals surface area contributed by atoms with Crippen molar-refractivity contribution in [3.8, 4) is 0 Å². The first-order valence-electron chi connectivity index (χ1n) is 9.86.